The SMILES string of the molecule is NS(=O)(=O)c1ccc(CCNC(=O)/C(Cc2cccc(Br)c2)=N/O)cc1. The maximum atomic E-state index is 12.1. The average Bonchev–Trinajstić information content (AvgIpc) is 2.59. The molecule has 138 valence electrons. The van der Waals surface area contributed by atoms with Crippen LogP contribution in [0.4, 0.5) is 0 Å². The van der Waals surface area contributed by atoms with Gasteiger partial charge >= 0.3 is 0 Å². The second-order valence-corrected chi connectivity index (χ2v) is 8.03. The zero-order chi connectivity index (χ0) is 19.2. The van der Waals surface area contributed by atoms with Gasteiger partial charge in [-0.15, -0.1) is 0 Å². The second-order valence-electron chi connectivity index (χ2n) is 5.55. The lowest BCUT2D eigenvalue weighted by Gasteiger charge is -2.08. The molecule has 0 unspecified atom stereocenters. The highest BCUT2D eigenvalue weighted by Crippen LogP contribution is 2.12. The van der Waals surface area contributed by atoms with Gasteiger partial charge in [-0.3, -0.25) is 4.79 Å². The van der Waals surface area contributed by atoms with E-state index in [-0.39, 0.29) is 17.0 Å². The number of nitrogens with two attached hydrogens (primary N) is 1. The number of carbonyl (C=O) groups is 1. The molecular formula is C17H18BrN3O4S. The topological polar surface area (TPSA) is 122 Å². The van der Waals surface area contributed by atoms with Crippen LogP contribution in [-0.4, -0.2) is 31.8 Å². The van der Waals surface area contributed by atoms with E-state index in [0.29, 0.717) is 13.0 Å². The molecule has 2 rings (SSSR count). The molecule has 4 N–H and O–H groups in total. The van der Waals surface area contributed by atoms with Crippen molar-refractivity contribution in [1.82, 2.24) is 5.32 Å². The minimum Gasteiger partial charge on any atom is -0.410 e. The molecule has 2 aromatic rings. The molecule has 0 spiro atoms. The van der Waals surface area contributed by atoms with E-state index in [4.69, 9.17) is 10.3 Å². The van der Waals surface area contributed by atoms with Gasteiger partial charge < -0.3 is 10.5 Å². The molecule has 0 saturated carbocycles. The van der Waals surface area contributed by atoms with Crippen molar-refractivity contribution in [3.05, 3.63) is 64.1 Å². The van der Waals surface area contributed by atoms with Crippen LogP contribution in [0.25, 0.3) is 0 Å². The van der Waals surface area contributed by atoms with Crippen molar-refractivity contribution in [3.8, 4) is 0 Å². The number of hydrogen-bond donors (Lipinski definition) is 3. The van der Waals surface area contributed by atoms with E-state index in [1.54, 1.807) is 12.1 Å². The molecule has 0 saturated heterocycles. The predicted octanol–water partition coefficient (Wildman–Crippen LogP) is 1.83. The average molecular weight is 440 g/mol. The summed E-state index contributed by atoms with van der Waals surface area (Å²) >= 11 is 3.35. The third-order valence-corrected chi connectivity index (χ3v) is 5.02. The molecule has 26 heavy (non-hydrogen) atoms. The molecule has 0 aliphatic carbocycles. The fourth-order valence-electron chi connectivity index (χ4n) is 2.27. The highest BCUT2D eigenvalue weighted by atomic mass is 79.9. The maximum absolute atomic E-state index is 12.1. The van der Waals surface area contributed by atoms with Crippen LogP contribution in [0, 0.1) is 0 Å². The van der Waals surface area contributed by atoms with Crippen molar-refractivity contribution in [2.24, 2.45) is 10.3 Å². The molecule has 0 radical (unpaired) electrons. The molecule has 0 fully saturated rings. The Morgan fingerprint density at radius 3 is 2.42 bits per heavy atom. The zero-order valence-corrected chi connectivity index (χ0v) is 16.1. The minimum atomic E-state index is -3.72. The van der Waals surface area contributed by atoms with Crippen LogP contribution < -0.4 is 10.5 Å². The summed E-state index contributed by atoms with van der Waals surface area (Å²) in [6.45, 7) is 0.311. The van der Waals surface area contributed by atoms with Crippen LogP contribution in [0.1, 0.15) is 11.1 Å². The fourth-order valence-corrected chi connectivity index (χ4v) is 3.23. The van der Waals surface area contributed by atoms with Crippen LogP contribution in [0.2, 0.25) is 0 Å². The number of nitrogens with zero attached hydrogens (tertiary/aromatic N) is 1. The van der Waals surface area contributed by atoms with Crippen molar-refractivity contribution in [2.75, 3.05) is 6.54 Å². The van der Waals surface area contributed by atoms with Crippen LogP contribution in [-0.2, 0) is 27.7 Å². The van der Waals surface area contributed by atoms with Gasteiger partial charge in [0.25, 0.3) is 5.91 Å². The molecule has 7 nitrogen and oxygen atoms in total. The first-order valence-corrected chi connectivity index (χ1v) is 9.99. The van der Waals surface area contributed by atoms with Gasteiger partial charge in [0.15, 0.2) is 0 Å². The van der Waals surface area contributed by atoms with Gasteiger partial charge in [-0.05, 0) is 41.8 Å². The van der Waals surface area contributed by atoms with Crippen molar-refractivity contribution in [1.29, 1.82) is 0 Å². The molecule has 2 aromatic carbocycles. The molecule has 0 atom stereocenters. The molecule has 0 bridgehead atoms. The second kappa shape index (κ2) is 8.93. The number of benzene rings is 2. The first-order valence-electron chi connectivity index (χ1n) is 7.65. The smallest absolute Gasteiger partial charge is 0.269 e. The third kappa shape index (κ3) is 5.94. The van der Waals surface area contributed by atoms with Crippen LogP contribution >= 0.6 is 15.9 Å². The van der Waals surface area contributed by atoms with E-state index in [2.05, 4.69) is 26.4 Å². The Morgan fingerprint density at radius 1 is 1.15 bits per heavy atom. The van der Waals surface area contributed by atoms with Crippen molar-refractivity contribution < 1.29 is 18.4 Å². The summed E-state index contributed by atoms with van der Waals surface area (Å²) in [5, 5.41) is 19.9. The van der Waals surface area contributed by atoms with Gasteiger partial charge in [0.05, 0.1) is 4.90 Å². The molecule has 0 aliphatic rings. The molecule has 9 heteroatoms. The zero-order valence-electron chi connectivity index (χ0n) is 13.7. The summed E-state index contributed by atoms with van der Waals surface area (Å²) in [4.78, 5) is 12.2. The molecule has 0 aromatic heterocycles. The number of rotatable bonds is 7. The van der Waals surface area contributed by atoms with E-state index in [0.717, 1.165) is 15.6 Å². The van der Waals surface area contributed by atoms with Crippen molar-refractivity contribution in [3.63, 3.8) is 0 Å². The fraction of sp³-hybridized carbons (Fsp3) is 0.176. The Hall–Kier alpha value is -2.23. The van der Waals surface area contributed by atoms with Crippen molar-refractivity contribution >= 4 is 37.6 Å². The molecule has 1 amide bonds. The first kappa shape index (κ1) is 20.1. The monoisotopic (exact) mass is 439 g/mol. The van der Waals surface area contributed by atoms with Gasteiger partial charge in [0, 0.05) is 17.4 Å². The number of hydrogen-bond acceptors (Lipinski definition) is 5. The van der Waals surface area contributed by atoms with Crippen molar-refractivity contribution in [2.45, 2.75) is 17.7 Å². The Bertz CT molecular complexity index is 912. The van der Waals surface area contributed by atoms with E-state index in [1.807, 2.05) is 24.3 Å². The Labute approximate surface area is 160 Å². The maximum Gasteiger partial charge on any atom is 0.269 e. The van der Waals surface area contributed by atoms with Gasteiger partial charge in [0.2, 0.25) is 10.0 Å². The van der Waals surface area contributed by atoms with Crippen LogP contribution in [0.15, 0.2) is 63.1 Å². The Morgan fingerprint density at radius 2 is 1.85 bits per heavy atom. The van der Waals surface area contributed by atoms with E-state index < -0.39 is 15.9 Å². The summed E-state index contributed by atoms with van der Waals surface area (Å²) in [6.07, 6.45) is 0.692. The quantitative estimate of drug-likeness (QED) is 0.345. The summed E-state index contributed by atoms with van der Waals surface area (Å²) in [5.74, 6) is -0.464. The number of sulfonamides is 1. The predicted molar refractivity (Wildman–Crippen MR) is 102 cm³/mol. The number of carbonyl (C=O) groups excluding carboxylic acids is 1. The van der Waals surface area contributed by atoms with Gasteiger partial charge in [-0.2, -0.15) is 0 Å². The van der Waals surface area contributed by atoms with Crippen LogP contribution in [0.3, 0.4) is 0 Å². The van der Waals surface area contributed by atoms with Gasteiger partial charge in [-0.1, -0.05) is 45.4 Å². The Kier molecular flexibility index (Phi) is 6.90. The summed E-state index contributed by atoms with van der Waals surface area (Å²) in [7, 11) is -3.72. The first-order chi connectivity index (χ1) is 12.3. The lowest BCUT2D eigenvalue weighted by molar-refractivity contribution is -0.115. The normalized spacial score (nSPS) is 12.0. The van der Waals surface area contributed by atoms with Gasteiger partial charge in [0.1, 0.15) is 5.71 Å². The largest absolute Gasteiger partial charge is 0.410 e. The highest BCUT2D eigenvalue weighted by molar-refractivity contribution is 9.10. The highest BCUT2D eigenvalue weighted by Gasteiger charge is 2.13. The van der Waals surface area contributed by atoms with E-state index in [1.165, 1.54) is 12.1 Å². The van der Waals surface area contributed by atoms with E-state index >= 15 is 0 Å². The summed E-state index contributed by atoms with van der Waals surface area (Å²) in [6, 6.07) is 13.5. The number of amides is 1. The van der Waals surface area contributed by atoms with E-state index in [9.17, 15) is 13.2 Å². The minimum absolute atomic E-state index is 0.00710. The number of nitrogens with one attached hydrogen (secondary N) is 1. The van der Waals surface area contributed by atoms with Gasteiger partial charge in [-0.25, -0.2) is 13.6 Å². The third-order valence-electron chi connectivity index (χ3n) is 3.59. The Balaban J connectivity index is 1.89. The molecular weight excluding hydrogens is 422 g/mol. The summed E-state index contributed by atoms with van der Waals surface area (Å²) < 4.78 is 23.3. The standard InChI is InChI=1S/C17H18BrN3O4S/c18-14-3-1-2-13(10-14)11-16(21-23)17(22)20-9-8-12-4-6-15(7-5-12)26(19,24)25/h1-7,10,23H,8-9,11H2,(H,20,22)(H2,19,24,25)/b21-16+. The summed E-state index contributed by atoms with van der Waals surface area (Å²) in [5.41, 5.74) is 1.68. The molecule has 0 heterocycles. The lowest BCUT2D eigenvalue weighted by Crippen LogP contribution is -2.33. The lowest BCUT2D eigenvalue weighted by atomic mass is 10.1. The molecule has 0 aliphatic heterocycles. The number of oxime groups is 1. The number of primary sulfonamides is 1. The number of halogens is 1. The van der Waals surface area contributed by atoms with Crippen LogP contribution in [0.5, 0.6) is 0 Å².